The predicted molar refractivity (Wildman–Crippen MR) is 51.7 cm³/mol. The summed E-state index contributed by atoms with van der Waals surface area (Å²) in [7, 11) is 0. The Morgan fingerprint density at radius 1 is 1.13 bits per heavy atom. The van der Waals surface area contributed by atoms with E-state index in [2.05, 4.69) is 5.32 Å². The molecule has 1 aliphatic rings. The minimum absolute atomic E-state index is 0.270. The van der Waals surface area contributed by atoms with E-state index in [9.17, 15) is 13.2 Å². The zero-order valence-electron chi connectivity index (χ0n) is 8.78. The van der Waals surface area contributed by atoms with Gasteiger partial charge in [-0.3, -0.25) is 0 Å². The SMILES string of the molecule is FC(F)(F)CNCCOC1CCCCC1. The lowest BCUT2D eigenvalue weighted by atomic mass is 9.98. The van der Waals surface area contributed by atoms with Crippen molar-refractivity contribution in [3.05, 3.63) is 0 Å². The fraction of sp³-hybridized carbons (Fsp3) is 1.00. The normalized spacial score (nSPS) is 19.4. The van der Waals surface area contributed by atoms with E-state index in [1.54, 1.807) is 0 Å². The van der Waals surface area contributed by atoms with Crippen LogP contribution >= 0.6 is 0 Å². The van der Waals surface area contributed by atoms with Gasteiger partial charge in [-0.2, -0.15) is 13.2 Å². The first-order valence-corrected chi connectivity index (χ1v) is 5.47. The van der Waals surface area contributed by atoms with Crippen LogP contribution in [-0.2, 0) is 4.74 Å². The molecule has 0 bridgehead atoms. The van der Waals surface area contributed by atoms with Crippen molar-refractivity contribution < 1.29 is 17.9 Å². The van der Waals surface area contributed by atoms with Crippen molar-refractivity contribution in [2.24, 2.45) is 0 Å². The van der Waals surface area contributed by atoms with E-state index < -0.39 is 12.7 Å². The van der Waals surface area contributed by atoms with Gasteiger partial charge in [0.05, 0.1) is 19.3 Å². The average molecular weight is 225 g/mol. The molecule has 0 aliphatic heterocycles. The van der Waals surface area contributed by atoms with Crippen molar-refractivity contribution in [2.75, 3.05) is 19.7 Å². The zero-order valence-corrected chi connectivity index (χ0v) is 8.78. The lowest BCUT2D eigenvalue weighted by Gasteiger charge is -2.22. The second-order valence-electron chi connectivity index (χ2n) is 3.92. The van der Waals surface area contributed by atoms with Crippen LogP contribution in [0.2, 0.25) is 0 Å². The Morgan fingerprint density at radius 2 is 1.80 bits per heavy atom. The van der Waals surface area contributed by atoms with Crippen LogP contribution in [0.15, 0.2) is 0 Å². The molecule has 1 N–H and O–H groups in total. The molecule has 1 aliphatic carbocycles. The molecule has 0 aromatic carbocycles. The molecule has 0 saturated heterocycles. The molecular weight excluding hydrogens is 207 g/mol. The lowest BCUT2D eigenvalue weighted by molar-refractivity contribution is -0.125. The highest BCUT2D eigenvalue weighted by Crippen LogP contribution is 2.19. The van der Waals surface area contributed by atoms with Gasteiger partial charge in [-0.05, 0) is 12.8 Å². The Balaban J connectivity index is 1.92. The first-order chi connectivity index (χ1) is 7.08. The summed E-state index contributed by atoms with van der Waals surface area (Å²) in [6.45, 7) is -0.280. The fourth-order valence-corrected chi connectivity index (χ4v) is 1.76. The van der Waals surface area contributed by atoms with Crippen LogP contribution in [0.3, 0.4) is 0 Å². The Morgan fingerprint density at radius 3 is 2.40 bits per heavy atom. The number of alkyl halides is 3. The smallest absolute Gasteiger partial charge is 0.377 e. The molecule has 0 unspecified atom stereocenters. The molecular formula is C10H18F3NO. The zero-order chi connectivity index (χ0) is 11.1. The topological polar surface area (TPSA) is 21.3 Å². The molecule has 0 radical (unpaired) electrons. The summed E-state index contributed by atoms with van der Waals surface area (Å²) in [6.07, 6.45) is 1.88. The Kier molecular flexibility index (Phi) is 5.39. The monoisotopic (exact) mass is 225 g/mol. The third-order valence-corrected chi connectivity index (χ3v) is 2.51. The van der Waals surface area contributed by atoms with Crippen molar-refractivity contribution in [1.29, 1.82) is 0 Å². The molecule has 90 valence electrons. The predicted octanol–water partition coefficient (Wildman–Crippen LogP) is 2.49. The van der Waals surface area contributed by atoms with E-state index >= 15 is 0 Å². The highest BCUT2D eigenvalue weighted by molar-refractivity contribution is 4.65. The van der Waals surface area contributed by atoms with E-state index in [1.807, 2.05) is 0 Å². The molecule has 1 saturated carbocycles. The van der Waals surface area contributed by atoms with Crippen molar-refractivity contribution in [3.63, 3.8) is 0 Å². The van der Waals surface area contributed by atoms with Crippen LogP contribution in [0, 0.1) is 0 Å². The van der Waals surface area contributed by atoms with E-state index in [0.717, 1.165) is 12.8 Å². The van der Waals surface area contributed by atoms with Crippen LogP contribution in [0.4, 0.5) is 13.2 Å². The first-order valence-electron chi connectivity index (χ1n) is 5.47. The first kappa shape index (κ1) is 12.8. The van der Waals surface area contributed by atoms with Crippen molar-refractivity contribution >= 4 is 0 Å². The Hall–Kier alpha value is -0.290. The fourth-order valence-electron chi connectivity index (χ4n) is 1.76. The number of nitrogens with one attached hydrogen (secondary N) is 1. The van der Waals surface area contributed by atoms with Gasteiger partial charge in [-0.1, -0.05) is 19.3 Å². The van der Waals surface area contributed by atoms with E-state index in [-0.39, 0.29) is 12.6 Å². The minimum atomic E-state index is -4.12. The van der Waals surface area contributed by atoms with Gasteiger partial charge in [-0.15, -0.1) is 0 Å². The van der Waals surface area contributed by atoms with E-state index in [0.29, 0.717) is 6.61 Å². The summed E-state index contributed by atoms with van der Waals surface area (Å²) in [5.41, 5.74) is 0. The molecule has 5 heteroatoms. The van der Waals surface area contributed by atoms with Gasteiger partial charge in [-0.25, -0.2) is 0 Å². The van der Waals surface area contributed by atoms with Crippen LogP contribution in [-0.4, -0.2) is 32.0 Å². The third kappa shape index (κ3) is 6.73. The highest BCUT2D eigenvalue weighted by Gasteiger charge is 2.26. The Bertz CT molecular complexity index is 167. The molecule has 0 heterocycles. The quantitative estimate of drug-likeness (QED) is 0.726. The van der Waals surface area contributed by atoms with Gasteiger partial charge in [0.2, 0.25) is 0 Å². The summed E-state index contributed by atoms with van der Waals surface area (Å²) in [6, 6.07) is 0. The maximum Gasteiger partial charge on any atom is 0.401 e. The maximum atomic E-state index is 11.7. The molecule has 0 spiro atoms. The van der Waals surface area contributed by atoms with Crippen LogP contribution < -0.4 is 5.32 Å². The van der Waals surface area contributed by atoms with Crippen molar-refractivity contribution in [2.45, 2.75) is 44.4 Å². The van der Waals surface area contributed by atoms with Gasteiger partial charge in [0.1, 0.15) is 0 Å². The number of halogens is 3. The average Bonchev–Trinajstić information content (AvgIpc) is 2.17. The molecule has 2 nitrogen and oxygen atoms in total. The van der Waals surface area contributed by atoms with Gasteiger partial charge in [0, 0.05) is 6.54 Å². The molecule has 1 fully saturated rings. The molecule has 0 atom stereocenters. The van der Waals surface area contributed by atoms with Gasteiger partial charge >= 0.3 is 6.18 Å². The summed E-state index contributed by atoms with van der Waals surface area (Å²) in [4.78, 5) is 0. The van der Waals surface area contributed by atoms with Crippen LogP contribution in [0.1, 0.15) is 32.1 Å². The largest absolute Gasteiger partial charge is 0.401 e. The standard InChI is InChI=1S/C10H18F3NO/c11-10(12,13)8-14-6-7-15-9-4-2-1-3-5-9/h9,14H,1-8H2. The van der Waals surface area contributed by atoms with E-state index in [1.165, 1.54) is 19.3 Å². The second-order valence-corrected chi connectivity index (χ2v) is 3.92. The highest BCUT2D eigenvalue weighted by atomic mass is 19.4. The van der Waals surface area contributed by atoms with Crippen LogP contribution in [0.25, 0.3) is 0 Å². The lowest BCUT2D eigenvalue weighted by Crippen LogP contribution is -2.32. The second kappa shape index (κ2) is 6.33. The number of rotatable bonds is 5. The summed E-state index contributed by atoms with van der Waals surface area (Å²) < 4.78 is 40.7. The third-order valence-electron chi connectivity index (χ3n) is 2.51. The minimum Gasteiger partial charge on any atom is -0.377 e. The molecule has 15 heavy (non-hydrogen) atoms. The summed E-state index contributed by atoms with van der Waals surface area (Å²) >= 11 is 0. The summed E-state index contributed by atoms with van der Waals surface area (Å²) in [5.74, 6) is 0. The number of ether oxygens (including phenoxy) is 1. The van der Waals surface area contributed by atoms with Crippen molar-refractivity contribution in [3.8, 4) is 0 Å². The van der Waals surface area contributed by atoms with Gasteiger partial charge in [0.25, 0.3) is 0 Å². The summed E-state index contributed by atoms with van der Waals surface area (Å²) in [5, 5.41) is 2.31. The molecule has 0 aromatic heterocycles. The van der Waals surface area contributed by atoms with Gasteiger partial charge < -0.3 is 10.1 Å². The number of hydrogen-bond donors (Lipinski definition) is 1. The van der Waals surface area contributed by atoms with Gasteiger partial charge in [0.15, 0.2) is 0 Å². The number of hydrogen-bond acceptors (Lipinski definition) is 2. The maximum absolute atomic E-state index is 11.7. The molecule has 1 rings (SSSR count). The van der Waals surface area contributed by atoms with Crippen LogP contribution in [0.5, 0.6) is 0 Å². The van der Waals surface area contributed by atoms with Crippen molar-refractivity contribution in [1.82, 2.24) is 5.32 Å². The van der Waals surface area contributed by atoms with E-state index in [4.69, 9.17) is 4.74 Å². The molecule has 0 aromatic rings. The molecule has 0 amide bonds. The Labute approximate surface area is 88.2 Å².